The van der Waals surface area contributed by atoms with E-state index < -0.39 is 23.7 Å². The molecule has 0 aliphatic rings. The van der Waals surface area contributed by atoms with E-state index in [1.54, 1.807) is 13.8 Å². The molecule has 14 heavy (non-hydrogen) atoms. The zero-order valence-corrected chi connectivity index (χ0v) is 8.16. The third kappa shape index (κ3) is 2.02. The molecule has 2 atom stereocenters. The van der Waals surface area contributed by atoms with Crippen molar-refractivity contribution in [2.45, 2.75) is 26.0 Å². The van der Waals surface area contributed by atoms with Gasteiger partial charge in [-0.25, -0.2) is 4.39 Å². The molecule has 1 aromatic carbocycles. The molecule has 0 aliphatic heterocycles. The van der Waals surface area contributed by atoms with Gasteiger partial charge in [-0.15, -0.1) is 0 Å². The molecule has 0 saturated heterocycles. The van der Waals surface area contributed by atoms with Crippen LogP contribution in [0.15, 0.2) is 12.1 Å². The van der Waals surface area contributed by atoms with Crippen molar-refractivity contribution in [1.29, 1.82) is 0 Å². The number of rotatable bonds is 2. The number of benzene rings is 1. The first-order valence-electron chi connectivity index (χ1n) is 4.36. The maximum Gasteiger partial charge on any atom is 0.165 e. The normalized spacial score (nSPS) is 15.2. The number of halogens is 1. The number of aromatic hydroxyl groups is 1. The average Bonchev–Trinajstić information content (AvgIpc) is 2.10. The summed E-state index contributed by atoms with van der Waals surface area (Å²) in [6, 6.07) is 1.92. The second-order valence-electron chi connectivity index (χ2n) is 3.46. The van der Waals surface area contributed by atoms with Gasteiger partial charge in [0.25, 0.3) is 0 Å². The Morgan fingerprint density at radius 3 is 2.50 bits per heavy atom. The molecule has 0 aromatic heterocycles. The van der Waals surface area contributed by atoms with Gasteiger partial charge in [0, 0.05) is 6.04 Å². The highest BCUT2D eigenvalue weighted by Crippen LogP contribution is 2.26. The summed E-state index contributed by atoms with van der Waals surface area (Å²) in [6.45, 7) is 3.30. The summed E-state index contributed by atoms with van der Waals surface area (Å²) in [4.78, 5) is 0. The van der Waals surface area contributed by atoms with Gasteiger partial charge in [-0.05, 0) is 37.1 Å². The van der Waals surface area contributed by atoms with Crippen molar-refractivity contribution in [3.63, 3.8) is 0 Å². The van der Waals surface area contributed by atoms with Gasteiger partial charge in [0.2, 0.25) is 0 Å². The first-order valence-corrected chi connectivity index (χ1v) is 4.36. The van der Waals surface area contributed by atoms with Crippen molar-refractivity contribution in [1.82, 2.24) is 0 Å². The van der Waals surface area contributed by atoms with Crippen LogP contribution < -0.4 is 5.73 Å². The van der Waals surface area contributed by atoms with Crippen LogP contribution in [0.1, 0.15) is 24.2 Å². The summed E-state index contributed by atoms with van der Waals surface area (Å²) in [7, 11) is 0. The molecule has 78 valence electrons. The molecular weight excluding hydrogens is 185 g/mol. The molecule has 0 radical (unpaired) electrons. The van der Waals surface area contributed by atoms with Crippen molar-refractivity contribution < 1.29 is 14.6 Å². The van der Waals surface area contributed by atoms with Crippen LogP contribution >= 0.6 is 0 Å². The number of aliphatic hydroxyl groups is 1. The Kier molecular flexibility index (Phi) is 3.08. The molecule has 4 N–H and O–H groups in total. The Hall–Kier alpha value is -1.13. The van der Waals surface area contributed by atoms with E-state index in [1.165, 1.54) is 12.1 Å². The van der Waals surface area contributed by atoms with Crippen LogP contribution in [0.4, 0.5) is 4.39 Å². The molecule has 0 fully saturated rings. The second kappa shape index (κ2) is 3.94. The summed E-state index contributed by atoms with van der Waals surface area (Å²) in [5.74, 6) is -1.16. The SMILES string of the molecule is Cc1cc(F)c(O)cc1C(O)C(C)N. The summed E-state index contributed by atoms with van der Waals surface area (Å²) >= 11 is 0. The Labute approximate surface area is 82.0 Å². The van der Waals surface area contributed by atoms with Gasteiger partial charge in [0.15, 0.2) is 11.6 Å². The third-order valence-electron chi connectivity index (χ3n) is 2.15. The lowest BCUT2D eigenvalue weighted by atomic mass is 9.99. The summed E-state index contributed by atoms with van der Waals surface area (Å²) in [5, 5.41) is 18.8. The maximum absolute atomic E-state index is 12.9. The van der Waals surface area contributed by atoms with Crippen molar-refractivity contribution in [2.75, 3.05) is 0 Å². The fourth-order valence-electron chi connectivity index (χ4n) is 1.28. The average molecular weight is 199 g/mol. The highest BCUT2D eigenvalue weighted by atomic mass is 19.1. The lowest BCUT2D eigenvalue weighted by molar-refractivity contribution is 0.152. The molecule has 0 saturated carbocycles. The molecule has 0 amide bonds. The zero-order valence-electron chi connectivity index (χ0n) is 8.16. The molecular formula is C10H14FNO2. The van der Waals surface area contributed by atoms with Gasteiger partial charge in [0.05, 0.1) is 6.10 Å². The van der Waals surface area contributed by atoms with E-state index in [1.807, 2.05) is 0 Å². The third-order valence-corrected chi connectivity index (χ3v) is 2.15. The van der Waals surface area contributed by atoms with Gasteiger partial charge in [0.1, 0.15) is 0 Å². The van der Waals surface area contributed by atoms with E-state index in [2.05, 4.69) is 0 Å². The van der Waals surface area contributed by atoms with Crippen LogP contribution in [0.5, 0.6) is 5.75 Å². The lowest BCUT2D eigenvalue weighted by Crippen LogP contribution is -2.25. The maximum atomic E-state index is 12.9. The Morgan fingerprint density at radius 2 is 2.00 bits per heavy atom. The van der Waals surface area contributed by atoms with E-state index in [9.17, 15) is 9.50 Å². The number of phenolic OH excluding ortho intramolecular Hbond substituents is 1. The minimum Gasteiger partial charge on any atom is -0.505 e. The predicted octanol–water partition coefficient (Wildman–Crippen LogP) is 1.22. The standard InChI is InChI=1S/C10H14FNO2/c1-5-3-8(11)9(13)4-7(5)10(14)6(2)12/h3-4,6,10,13-14H,12H2,1-2H3. The minimum atomic E-state index is -0.888. The monoisotopic (exact) mass is 199 g/mol. The smallest absolute Gasteiger partial charge is 0.165 e. The van der Waals surface area contributed by atoms with Gasteiger partial charge in [-0.2, -0.15) is 0 Å². The van der Waals surface area contributed by atoms with E-state index in [-0.39, 0.29) is 0 Å². The summed E-state index contributed by atoms with van der Waals surface area (Å²) in [6.07, 6.45) is -0.888. The molecule has 2 unspecified atom stereocenters. The molecule has 0 aliphatic carbocycles. The molecule has 0 heterocycles. The number of phenols is 1. The van der Waals surface area contributed by atoms with E-state index in [0.717, 1.165) is 0 Å². The largest absolute Gasteiger partial charge is 0.505 e. The highest BCUT2D eigenvalue weighted by Gasteiger charge is 2.16. The molecule has 0 bridgehead atoms. The van der Waals surface area contributed by atoms with E-state index >= 15 is 0 Å². The van der Waals surface area contributed by atoms with Crippen LogP contribution in [0.25, 0.3) is 0 Å². The van der Waals surface area contributed by atoms with Crippen LogP contribution in [0.3, 0.4) is 0 Å². The van der Waals surface area contributed by atoms with Crippen molar-refractivity contribution in [2.24, 2.45) is 5.73 Å². The van der Waals surface area contributed by atoms with E-state index in [4.69, 9.17) is 10.8 Å². The number of nitrogens with two attached hydrogens (primary N) is 1. The highest BCUT2D eigenvalue weighted by molar-refractivity contribution is 5.37. The quantitative estimate of drug-likeness (QED) is 0.671. The molecule has 1 aromatic rings. The molecule has 0 spiro atoms. The van der Waals surface area contributed by atoms with Gasteiger partial charge in [-0.1, -0.05) is 0 Å². The Bertz CT molecular complexity index is 339. The topological polar surface area (TPSA) is 66.5 Å². The minimum absolute atomic E-state index is 0.457. The Morgan fingerprint density at radius 1 is 1.43 bits per heavy atom. The first kappa shape index (κ1) is 10.9. The molecule has 1 rings (SSSR count). The number of hydrogen-bond acceptors (Lipinski definition) is 3. The lowest BCUT2D eigenvalue weighted by Gasteiger charge is -2.17. The van der Waals surface area contributed by atoms with Crippen LogP contribution in [0.2, 0.25) is 0 Å². The number of hydrogen-bond donors (Lipinski definition) is 3. The van der Waals surface area contributed by atoms with Gasteiger partial charge < -0.3 is 15.9 Å². The first-order chi connectivity index (χ1) is 6.43. The zero-order chi connectivity index (χ0) is 10.9. The van der Waals surface area contributed by atoms with Crippen molar-refractivity contribution in [3.8, 4) is 5.75 Å². The predicted molar refractivity (Wildman–Crippen MR) is 51.4 cm³/mol. The van der Waals surface area contributed by atoms with Crippen LogP contribution in [0, 0.1) is 12.7 Å². The van der Waals surface area contributed by atoms with Crippen LogP contribution in [-0.2, 0) is 0 Å². The van der Waals surface area contributed by atoms with Crippen LogP contribution in [-0.4, -0.2) is 16.3 Å². The van der Waals surface area contributed by atoms with E-state index in [0.29, 0.717) is 11.1 Å². The molecule has 4 heteroatoms. The fourth-order valence-corrected chi connectivity index (χ4v) is 1.28. The number of aliphatic hydroxyl groups excluding tert-OH is 1. The Balaban J connectivity index is 3.15. The second-order valence-corrected chi connectivity index (χ2v) is 3.46. The van der Waals surface area contributed by atoms with Crippen molar-refractivity contribution >= 4 is 0 Å². The number of aryl methyl sites for hydroxylation is 1. The fraction of sp³-hybridized carbons (Fsp3) is 0.400. The molecule has 3 nitrogen and oxygen atoms in total. The van der Waals surface area contributed by atoms with Gasteiger partial charge >= 0.3 is 0 Å². The van der Waals surface area contributed by atoms with Gasteiger partial charge in [-0.3, -0.25) is 0 Å². The summed E-state index contributed by atoms with van der Waals surface area (Å²) < 4.78 is 12.9. The summed E-state index contributed by atoms with van der Waals surface area (Å²) in [5.41, 5.74) is 6.53. The van der Waals surface area contributed by atoms with Crippen molar-refractivity contribution in [3.05, 3.63) is 29.1 Å².